The number of aromatic nitrogens is 2. The van der Waals surface area contributed by atoms with Crippen LogP contribution in [0.15, 0.2) is 95.3 Å². The molecule has 0 N–H and O–H groups in total. The molecule has 0 bridgehead atoms. The Bertz CT molecular complexity index is 2200. The number of carbonyl (C=O) groups excluding carboxylic acids is 5. The fraction of sp³-hybridized carbons (Fsp3) is 0.262. The number of Topliss-reactive ketones (excluding diaryl/α,β-unsaturated/α-hetero) is 4. The number of amides is 1. The van der Waals surface area contributed by atoms with Crippen molar-refractivity contribution in [2.75, 3.05) is 7.05 Å². The molecule has 2 aromatic heterocycles. The van der Waals surface area contributed by atoms with Gasteiger partial charge in [-0.15, -0.1) is 0 Å². The number of ketones is 4. The lowest BCUT2D eigenvalue weighted by Gasteiger charge is -2.26. The third kappa shape index (κ3) is 6.76. The van der Waals surface area contributed by atoms with Crippen LogP contribution >= 0.6 is 0 Å². The average molecular weight is 684 g/mol. The van der Waals surface area contributed by atoms with E-state index in [1.165, 1.54) is 12.3 Å². The van der Waals surface area contributed by atoms with Crippen molar-refractivity contribution >= 4 is 29.0 Å². The molecule has 0 saturated carbocycles. The van der Waals surface area contributed by atoms with Crippen molar-refractivity contribution in [3.63, 3.8) is 0 Å². The zero-order valence-corrected chi connectivity index (χ0v) is 29.3. The van der Waals surface area contributed by atoms with E-state index in [0.29, 0.717) is 86.3 Å². The lowest BCUT2D eigenvalue weighted by Crippen LogP contribution is -2.36. The smallest absolute Gasteiger partial charge is 0.255 e. The van der Waals surface area contributed by atoms with Crippen LogP contribution in [0.2, 0.25) is 0 Å². The van der Waals surface area contributed by atoms with Crippen molar-refractivity contribution in [2.24, 2.45) is 0 Å². The Morgan fingerprint density at radius 2 is 1.43 bits per heavy atom. The summed E-state index contributed by atoms with van der Waals surface area (Å²) in [5, 5.41) is 0. The molecule has 9 heteroatoms. The highest BCUT2D eigenvalue weighted by Gasteiger charge is 2.33. The van der Waals surface area contributed by atoms with Gasteiger partial charge < -0.3 is 4.90 Å². The van der Waals surface area contributed by atoms with E-state index >= 15 is 0 Å². The minimum atomic E-state index is -0.456. The summed E-state index contributed by atoms with van der Waals surface area (Å²) >= 11 is 0. The van der Waals surface area contributed by atoms with E-state index in [-0.39, 0.29) is 47.9 Å². The lowest BCUT2D eigenvalue weighted by atomic mass is 9.79. The van der Waals surface area contributed by atoms with Crippen molar-refractivity contribution in [2.45, 2.75) is 65.8 Å². The van der Waals surface area contributed by atoms with E-state index in [1.807, 2.05) is 19.9 Å². The molecule has 0 aliphatic heterocycles. The predicted molar refractivity (Wildman–Crippen MR) is 191 cm³/mol. The Kier molecular flexibility index (Phi) is 9.83. The van der Waals surface area contributed by atoms with Gasteiger partial charge in [-0.1, -0.05) is 49.7 Å². The second-order valence-electron chi connectivity index (χ2n) is 13.3. The molecule has 0 fully saturated rings. The monoisotopic (exact) mass is 683 g/mol. The molecule has 1 amide bonds. The Hall–Kier alpha value is -5.70. The van der Waals surface area contributed by atoms with E-state index in [4.69, 9.17) is 0 Å². The molecular formula is C42H38FN3O5. The molecule has 8 nitrogen and oxygen atoms in total. The molecule has 6 rings (SSSR count). The van der Waals surface area contributed by atoms with Gasteiger partial charge in [0, 0.05) is 88.1 Å². The van der Waals surface area contributed by atoms with Gasteiger partial charge in [-0.25, -0.2) is 4.39 Å². The van der Waals surface area contributed by atoms with Crippen LogP contribution in [0, 0.1) is 12.7 Å². The maximum absolute atomic E-state index is 13.8. The number of hydrogen-bond acceptors (Lipinski definition) is 7. The van der Waals surface area contributed by atoms with Gasteiger partial charge >= 0.3 is 0 Å². The first-order valence-electron chi connectivity index (χ1n) is 17.0. The molecule has 2 aliphatic rings. The standard InChI is InChI=1S/C42H38FN3O5/c1-6-9-30-36(20-37-23(2)16-28(43)22-45-37)41(50)33-15-12-26(18-35(33)40(30)49)17-24(3)46(5)42(51)27-13-14-29(44-21-27)19-34-25(4)38(47)31-10-7-8-11-32(31)39(34)48/h7-8,10-16,18,21-22,24H,6,9,17,19-20H2,1-5H3. The Morgan fingerprint density at radius 3 is 2.10 bits per heavy atom. The first kappa shape index (κ1) is 35.1. The fourth-order valence-electron chi connectivity index (χ4n) is 6.81. The van der Waals surface area contributed by atoms with Crippen molar-refractivity contribution in [1.29, 1.82) is 0 Å². The zero-order valence-electron chi connectivity index (χ0n) is 29.3. The lowest BCUT2D eigenvalue weighted by molar-refractivity contribution is 0.0742. The second-order valence-corrected chi connectivity index (χ2v) is 13.3. The summed E-state index contributed by atoms with van der Waals surface area (Å²) in [6.07, 6.45) is 4.46. The topological polar surface area (TPSA) is 114 Å². The number of hydrogen-bond donors (Lipinski definition) is 0. The molecule has 4 aromatic rings. The third-order valence-electron chi connectivity index (χ3n) is 9.91. The number of fused-ring (bicyclic) bond motifs is 2. The Balaban J connectivity index is 1.15. The van der Waals surface area contributed by atoms with E-state index in [9.17, 15) is 28.4 Å². The van der Waals surface area contributed by atoms with E-state index in [0.717, 1.165) is 11.8 Å². The van der Waals surface area contributed by atoms with E-state index in [1.54, 1.807) is 74.3 Å². The number of rotatable bonds is 10. The first-order valence-corrected chi connectivity index (χ1v) is 17.0. The van der Waals surface area contributed by atoms with Crippen molar-refractivity contribution in [1.82, 2.24) is 14.9 Å². The highest BCUT2D eigenvalue weighted by Crippen LogP contribution is 2.33. The van der Waals surface area contributed by atoms with Gasteiger partial charge in [-0.3, -0.25) is 33.9 Å². The fourth-order valence-corrected chi connectivity index (χ4v) is 6.81. The van der Waals surface area contributed by atoms with Crippen LogP contribution < -0.4 is 0 Å². The van der Waals surface area contributed by atoms with Crippen molar-refractivity contribution in [3.05, 3.63) is 151 Å². The summed E-state index contributed by atoms with van der Waals surface area (Å²) in [4.78, 5) is 77.4. The Morgan fingerprint density at radius 1 is 0.765 bits per heavy atom. The number of likely N-dealkylation sites (N-methyl/N-ethyl adjacent to an activating group) is 1. The van der Waals surface area contributed by atoms with Crippen LogP contribution in [0.25, 0.3) is 0 Å². The van der Waals surface area contributed by atoms with Gasteiger partial charge in [0.15, 0.2) is 23.1 Å². The van der Waals surface area contributed by atoms with Crippen LogP contribution in [-0.2, 0) is 19.3 Å². The highest BCUT2D eigenvalue weighted by atomic mass is 19.1. The number of halogens is 1. The normalized spacial score (nSPS) is 14.9. The van der Waals surface area contributed by atoms with Gasteiger partial charge in [-0.2, -0.15) is 0 Å². The predicted octanol–water partition coefficient (Wildman–Crippen LogP) is 7.28. The van der Waals surface area contributed by atoms with Crippen molar-refractivity contribution in [3.8, 4) is 0 Å². The third-order valence-corrected chi connectivity index (χ3v) is 9.91. The van der Waals surface area contributed by atoms with E-state index in [2.05, 4.69) is 9.97 Å². The number of nitrogens with zero attached hydrogens (tertiary/aromatic N) is 3. The van der Waals surface area contributed by atoms with Gasteiger partial charge in [0.05, 0.1) is 11.8 Å². The van der Waals surface area contributed by atoms with Crippen LogP contribution in [0.5, 0.6) is 0 Å². The quantitative estimate of drug-likeness (QED) is 0.173. The highest BCUT2D eigenvalue weighted by molar-refractivity contribution is 6.27. The molecular weight excluding hydrogens is 645 g/mol. The molecule has 0 radical (unpaired) electrons. The molecule has 2 aromatic carbocycles. The van der Waals surface area contributed by atoms with Gasteiger partial charge in [-0.05, 0) is 69.0 Å². The van der Waals surface area contributed by atoms with Crippen LogP contribution in [-0.4, -0.2) is 57.0 Å². The summed E-state index contributed by atoms with van der Waals surface area (Å²) in [5.74, 6) is -1.49. The number of benzene rings is 2. The number of pyridine rings is 2. The van der Waals surface area contributed by atoms with Gasteiger partial charge in [0.2, 0.25) is 0 Å². The summed E-state index contributed by atoms with van der Waals surface area (Å²) in [5.41, 5.74) is 6.05. The minimum Gasteiger partial charge on any atom is -0.339 e. The summed E-state index contributed by atoms with van der Waals surface area (Å²) in [6, 6.07) is 16.5. The SMILES string of the molecule is CCCC1=C(Cc2ncc(F)cc2C)C(=O)c2ccc(CC(C)N(C)C(=O)c3ccc(CC4=C(C)C(=O)c5ccccc5C4=O)nc3)cc2C1=O. The molecule has 2 aliphatic carbocycles. The molecule has 1 atom stereocenters. The van der Waals surface area contributed by atoms with Crippen LogP contribution in [0.3, 0.4) is 0 Å². The second kappa shape index (κ2) is 14.3. The minimum absolute atomic E-state index is 0.150. The number of aryl methyl sites for hydroxylation is 1. The summed E-state index contributed by atoms with van der Waals surface area (Å²) in [7, 11) is 1.70. The molecule has 51 heavy (non-hydrogen) atoms. The summed E-state index contributed by atoms with van der Waals surface area (Å²) < 4.78 is 13.7. The van der Waals surface area contributed by atoms with Gasteiger partial charge in [0.25, 0.3) is 5.91 Å². The molecule has 0 saturated heterocycles. The maximum Gasteiger partial charge on any atom is 0.255 e. The maximum atomic E-state index is 13.8. The van der Waals surface area contributed by atoms with Gasteiger partial charge in [0.1, 0.15) is 5.82 Å². The summed E-state index contributed by atoms with van der Waals surface area (Å²) in [6.45, 7) is 7.25. The Labute approximate surface area is 296 Å². The largest absolute Gasteiger partial charge is 0.339 e. The first-order chi connectivity index (χ1) is 24.4. The molecule has 0 spiro atoms. The zero-order chi connectivity index (χ0) is 36.6. The van der Waals surface area contributed by atoms with Crippen LogP contribution in [0.4, 0.5) is 4.39 Å². The molecule has 258 valence electrons. The molecule has 2 heterocycles. The average Bonchev–Trinajstić information content (AvgIpc) is 3.13. The molecule has 1 unspecified atom stereocenters. The van der Waals surface area contributed by atoms with Crippen molar-refractivity contribution < 1.29 is 28.4 Å². The van der Waals surface area contributed by atoms with Crippen LogP contribution in [0.1, 0.15) is 108 Å². The van der Waals surface area contributed by atoms with E-state index < -0.39 is 5.82 Å². The number of carbonyl (C=O) groups is 5. The number of allylic oxidation sites excluding steroid dienone is 4.